The van der Waals surface area contributed by atoms with Crippen LogP contribution in [0.25, 0.3) is 0 Å². The second kappa shape index (κ2) is 2.38. The standard InChI is InChI=1S/C8H10Cl2O/c9-8(10)6-4-2-1-3-5(6)7(8)11/h1-2,5-7,11H,3-4H2. The van der Waals surface area contributed by atoms with Crippen molar-refractivity contribution in [3.05, 3.63) is 12.2 Å². The Hall–Kier alpha value is 0.280. The van der Waals surface area contributed by atoms with Crippen molar-refractivity contribution in [2.24, 2.45) is 11.8 Å². The Bertz CT molecular complexity index is 200. The van der Waals surface area contributed by atoms with Gasteiger partial charge in [-0.2, -0.15) is 0 Å². The van der Waals surface area contributed by atoms with Crippen LogP contribution in [0.4, 0.5) is 0 Å². The largest absolute Gasteiger partial charge is 0.390 e. The van der Waals surface area contributed by atoms with Gasteiger partial charge in [0, 0.05) is 5.92 Å². The van der Waals surface area contributed by atoms with Gasteiger partial charge in [0.05, 0.1) is 6.10 Å². The maximum atomic E-state index is 9.47. The molecular formula is C8H10Cl2O. The molecule has 3 unspecified atom stereocenters. The number of aliphatic hydroxyl groups excluding tert-OH is 1. The predicted octanol–water partition coefficient (Wildman–Crippen LogP) is 2.12. The van der Waals surface area contributed by atoms with Gasteiger partial charge in [-0.25, -0.2) is 0 Å². The van der Waals surface area contributed by atoms with Crippen molar-refractivity contribution in [3.63, 3.8) is 0 Å². The van der Waals surface area contributed by atoms with Crippen LogP contribution < -0.4 is 0 Å². The zero-order valence-electron chi connectivity index (χ0n) is 6.00. The summed E-state index contributed by atoms with van der Waals surface area (Å²) in [6, 6.07) is 0. The molecule has 0 heterocycles. The maximum absolute atomic E-state index is 9.47. The van der Waals surface area contributed by atoms with E-state index < -0.39 is 10.4 Å². The number of hydrogen-bond acceptors (Lipinski definition) is 1. The molecule has 2 aliphatic carbocycles. The lowest BCUT2D eigenvalue weighted by molar-refractivity contribution is -0.0462. The SMILES string of the molecule is OC1C2CC=CCC2C1(Cl)Cl. The number of alkyl halides is 2. The molecule has 0 spiro atoms. The van der Waals surface area contributed by atoms with Gasteiger partial charge in [-0.15, -0.1) is 0 Å². The second-order valence-corrected chi connectivity index (χ2v) is 4.78. The van der Waals surface area contributed by atoms with Crippen molar-refractivity contribution in [3.8, 4) is 0 Å². The summed E-state index contributed by atoms with van der Waals surface area (Å²) in [6.45, 7) is 0. The molecule has 0 aromatic heterocycles. The fraction of sp³-hybridized carbons (Fsp3) is 0.750. The third kappa shape index (κ3) is 0.947. The summed E-state index contributed by atoms with van der Waals surface area (Å²) >= 11 is 11.8. The van der Waals surface area contributed by atoms with Crippen LogP contribution in [0.1, 0.15) is 12.8 Å². The van der Waals surface area contributed by atoms with Crippen molar-refractivity contribution >= 4 is 23.2 Å². The number of fused-ring (bicyclic) bond motifs is 1. The first-order valence-electron chi connectivity index (χ1n) is 3.85. The number of halogens is 2. The first kappa shape index (κ1) is 7.90. The van der Waals surface area contributed by atoms with Crippen molar-refractivity contribution in [2.45, 2.75) is 23.3 Å². The molecule has 0 radical (unpaired) electrons. The van der Waals surface area contributed by atoms with Crippen molar-refractivity contribution in [1.29, 1.82) is 0 Å². The molecule has 0 aromatic carbocycles. The predicted molar refractivity (Wildman–Crippen MR) is 45.8 cm³/mol. The van der Waals surface area contributed by atoms with E-state index in [4.69, 9.17) is 23.2 Å². The molecule has 1 nitrogen and oxygen atoms in total. The topological polar surface area (TPSA) is 20.2 Å². The van der Waals surface area contributed by atoms with E-state index in [2.05, 4.69) is 12.2 Å². The molecule has 0 aromatic rings. The van der Waals surface area contributed by atoms with E-state index in [-0.39, 0.29) is 5.92 Å². The third-order valence-electron chi connectivity index (χ3n) is 2.78. The number of aliphatic hydroxyl groups is 1. The van der Waals surface area contributed by atoms with Crippen LogP contribution >= 0.6 is 23.2 Å². The Labute approximate surface area is 76.0 Å². The highest BCUT2D eigenvalue weighted by Crippen LogP contribution is 2.56. The van der Waals surface area contributed by atoms with Crippen LogP contribution in [0.5, 0.6) is 0 Å². The number of rotatable bonds is 0. The second-order valence-electron chi connectivity index (χ2n) is 3.33. The molecule has 11 heavy (non-hydrogen) atoms. The zero-order chi connectivity index (χ0) is 8.06. The smallest absolute Gasteiger partial charge is 0.147 e. The van der Waals surface area contributed by atoms with Crippen LogP contribution in [-0.2, 0) is 0 Å². The normalized spacial score (nSPS) is 46.3. The van der Waals surface area contributed by atoms with Crippen LogP contribution in [0.15, 0.2) is 12.2 Å². The van der Waals surface area contributed by atoms with Crippen molar-refractivity contribution in [1.82, 2.24) is 0 Å². The van der Waals surface area contributed by atoms with Crippen LogP contribution in [0.2, 0.25) is 0 Å². The van der Waals surface area contributed by atoms with Gasteiger partial charge in [-0.3, -0.25) is 0 Å². The van der Waals surface area contributed by atoms with E-state index in [0.29, 0.717) is 5.92 Å². The average Bonchev–Trinajstić information content (AvgIpc) is 2.04. The minimum absolute atomic E-state index is 0.269. The quantitative estimate of drug-likeness (QED) is 0.461. The van der Waals surface area contributed by atoms with E-state index >= 15 is 0 Å². The lowest BCUT2D eigenvalue weighted by Gasteiger charge is -2.53. The van der Waals surface area contributed by atoms with Crippen LogP contribution in [-0.4, -0.2) is 15.5 Å². The average molecular weight is 193 g/mol. The van der Waals surface area contributed by atoms with Gasteiger partial charge < -0.3 is 5.11 Å². The highest BCUT2D eigenvalue weighted by Gasteiger charge is 2.59. The molecule has 0 amide bonds. The molecule has 1 N–H and O–H groups in total. The molecule has 1 saturated carbocycles. The van der Waals surface area contributed by atoms with Crippen LogP contribution in [0.3, 0.4) is 0 Å². The molecule has 2 rings (SSSR count). The van der Waals surface area contributed by atoms with E-state index in [1.807, 2.05) is 0 Å². The van der Waals surface area contributed by atoms with Gasteiger partial charge in [0.2, 0.25) is 0 Å². The molecule has 3 heteroatoms. The summed E-state index contributed by atoms with van der Waals surface area (Å²) in [5, 5.41) is 9.47. The first-order valence-corrected chi connectivity index (χ1v) is 4.60. The van der Waals surface area contributed by atoms with Gasteiger partial charge in [-0.1, -0.05) is 35.4 Å². The highest BCUT2D eigenvalue weighted by molar-refractivity contribution is 6.49. The summed E-state index contributed by atoms with van der Waals surface area (Å²) < 4.78 is -0.880. The van der Waals surface area contributed by atoms with E-state index in [0.717, 1.165) is 12.8 Å². The minimum atomic E-state index is -0.880. The molecule has 62 valence electrons. The summed E-state index contributed by atoms with van der Waals surface area (Å²) in [5.41, 5.74) is 0. The molecule has 2 aliphatic rings. The minimum Gasteiger partial charge on any atom is -0.390 e. The third-order valence-corrected chi connectivity index (χ3v) is 3.78. The van der Waals surface area contributed by atoms with Gasteiger partial charge in [0.15, 0.2) is 0 Å². The van der Waals surface area contributed by atoms with Gasteiger partial charge in [0.25, 0.3) is 0 Å². The van der Waals surface area contributed by atoms with Crippen molar-refractivity contribution < 1.29 is 5.11 Å². The summed E-state index contributed by atoms with van der Waals surface area (Å²) in [7, 11) is 0. The van der Waals surface area contributed by atoms with Crippen molar-refractivity contribution in [2.75, 3.05) is 0 Å². The molecule has 0 bridgehead atoms. The fourth-order valence-electron chi connectivity index (χ4n) is 2.01. The Morgan fingerprint density at radius 1 is 1.27 bits per heavy atom. The van der Waals surface area contributed by atoms with Gasteiger partial charge in [-0.05, 0) is 18.8 Å². The summed E-state index contributed by atoms with van der Waals surface area (Å²) in [4.78, 5) is 0. The Morgan fingerprint density at radius 2 is 1.91 bits per heavy atom. The van der Waals surface area contributed by atoms with Gasteiger partial charge >= 0.3 is 0 Å². The van der Waals surface area contributed by atoms with E-state index in [9.17, 15) is 5.11 Å². The number of hydrogen-bond donors (Lipinski definition) is 1. The monoisotopic (exact) mass is 192 g/mol. The fourth-order valence-corrected chi connectivity index (χ4v) is 2.84. The molecule has 1 fully saturated rings. The molecular weight excluding hydrogens is 183 g/mol. The molecule has 0 saturated heterocycles. The summed E-state index contributed by atoms with van der Waals surface area (Å²) in [6.07, 6.45) is 5.49. The Balaban J connectivity index is 2.17. The molecule has 0 aliphatic heterocycles. The number of allylic oxidation sites excluding steroid dienone is 2. The zero-order valence-corrected chi connectivity index (χ0v) is 7.52. The first-order chi connectivity index (χ1) is 5.14. The highest BCUT2D eigenvalue weighted by atomic mass is 35.5. The van der Waals surface area contributed by atoms with Crippen LogP contribution in [0, 0.1) is 11.8 Å². The molecule has 3 atom stereocenters. The summed E-state index contributed by atoms with van der Waals surface area (Å²) in [5.74, 6) is 0.570. The van der Waals surface area contributed by atoms with E-state index in [1.54, 1.807) is 0 Å². The Morgan fingerprint density at radius 3 is 2.55 bits per heavy atom. The lowest BCUT2D eigenvalue weighted by Crippen LogP contribution is -2.60. The van der Waals surface area contributed by atoms with Gasteiger partial charge in [0.1, 0.15) is 4.33 Å². The van der Waals surface area contributed by atoms with E-state index in [1.165, 1.54) is 0 Å². The maximum Gasteiger partial charge on any atom is 0.147 e. The Kier molecular flexibility index (Phi) is 1.71. The lowest BCUT2D eigenvalue weighted by atomic mass is 9.65.